The van der Waals surface area contributed by atoms with Crippen LogP contribution in [0.1, 0.15) is 11.3 Å². The first-order chi connectivity index (χ1) is 15.7. The van der Waals surface area contributed by atoms with Crippen molar-refractivity contribution < 1.29 is 14.6 Å². The van der Waals surface area contributed by atoms with Crippen LogP contribution >= 0.6 is 0 Å². The van der Waals surface area contributed by atoms with E-state index in [1.807, 2.05) is 60.7 Å². The number of aromatic nitrogens is 3. The van der Waals surface area contributed by atoms with Crippen molar-refractivity contribution in [3.8, 4) is 17.0 Å². The molecule has 1 atom stereocenters. The lowest BCUT2D eigenvalue weighted by atomic mass is 10.1. The third kappa shape index (κ3) is 5.66. The van der Waals surface area contributed by atoms with Crippen LogP contribution in [-0.4, -0.2) is 32.1 Å². The number of carbonyl (C=O) groups is 1. The maximum Gasteiger partial charge on any atom is 0.326 e. The van der Waals surface area contributed by atoms with E-state index in [0.29, 0.717) is 23.8 Å². The van der Waals surface area contributed by atoms with Gasteiger partial charge in [-0.1, -0.05) is 36.4 Å². The van der Waals surface area contributed by atoms with E-state index in [1.54, 1.807) is 24.4 Å². The zero-order chi connectivity index (χ0) is 22.2. The van der Waals surface area contributed by atoms with Gasteiger partial charge in [0.1, 0.15) is 30.5 Å². The lowest BCUT2D eigenvalue weighted by Crippen LogP contribution is -2.32. The highest BCUT2D eigenvalue weighted by molar-refractivity contribution is 5.77. The van der Waals surface area contributed by atoms with Crippen LogP contribution in [0.3, 0.4) is 0 Å². The van der Waals surface area contributed by atoms with E-state index < -0.39 is 12.0 Å². The van der Waals surface area contributed by atoms with Gasteiger partial charge in [0.25, 0.3) is 0 Å². The molecule has 0 aliphatic rings. The second kappa shape index (κ2) is 10.2. The van der Waals surface area contributed by atoms with Gasteiger partial charge in [0, 0.05) is 29.9 Å². The number of nitrogens with one attached hydrogen (secondary N) is 1. The fourth-order valence-corrected chi connectivity index (χ4v) is 3.16. The Morgan fingerprint density at radius 1 is 0.938 bits per heavy atom. The van der Waals surface area contributed by atoms with Gasteiger partial charge in [-0.15, -0.1) is 0 Å². The first-order valence-electron chi connectivity index (χ1n) is 10.2. The summed E-state index contributed by atoms with van der Waals surface area (Å²) in [4.78, 5) is 24.4. The Bertz CT molecular complexity index is 1150. The van der Waals surface area contributed by atoms with E-state index in [-0.39, 0.29) is 6.42 Å². The number of aliphatic carboxylic acids is 1. The van der Waals surface area contributed by atoms with Crippen molar-refractivity contribution in [1.82, 2.24) is 15.0 Å². The first kappa shape index (κ1) is 21.0. The molecule has 0 fully saturated rings. The van der Waals surface area contributed by atoms with E-state index >= 15 is 0 Å². The zero-order valence-corrected chi connectivity index (χ0v) is 17.3. The fourth-order valence-electron chi connectivity index (χ4n) is 3.16. The van der Waals surface area contributed by atoms with Crippen molar-refractivity contribution in [3.05, 3.63) is 103 Å². The molecule has 4 rings (SSSR count). The summed E-state index contributed by atoms with van der Waals surface area (Å²) in [6.45, 7) is 0.495. The predicted octanol–water partition coefficient (Wildman–Crippen LogP) is 4.23. The highest BCUT2D eigenvalue weighted by atomic mass is 16.5. The number of carboxylic acid groups (broad SMARTS) is 1. The van der Waals surface area contributed by atoms with E-state index in [4.69, 9.17) is 4.74 Å². The van der Waals surface area contributed by atoms with Gasteiger partial charge in [0.15, 0.2) is 0 Å². The van der Waals surface area contributed by atoms with Crippen molar-refractivity contribution >= 4 is 11.8 Å². The molecule has 0 aliphatic heterocycles. The molecule has 0 saturated carbocycles. The summed E-state index contributed by atoms with van der Waals surface area (Å²) in [5.74, 6) is 0.213. The molecule has 2 aromatic heterocycles. The lowest BCUT2D eigenvalue weighted by Gasteiger charge is -2.15. The molecule has 7 nitrogen and oxygen atoms in total. The lowest BCUT2D eigenvalue weighted by molar-refractivity contribution is -0.137. The van der Waals surface area contributed by atoms with Crippen molar-refractivity contribution in [2.24, 2.45) is 0 Å². The Balaban J connectivity index is 1.43. The van der Waals surface area contributed by atoms with Crippen LogP contribution in [-0.2, 0) is 17.8 Å². The molecule has 2 N–H and O–H groups in total. The summed E-state index contributed by atoms with van der Waals surface area (Å²) in [6, 6.07) is 23.8. The molecule has 0 saturated heterocycles. The number of anilines is 1. The quantitative estimate of drug-likeness (QED) is 0.413. The molecule has 32 heavy (non-hydrogen) atoms. The summed E-state index contributed by atoms with van der Waals surface area (Å²) < 4.78 is 5.83. The van der Waals surface area contributed by atoms with Gasteiger partial charge in [-0.05, 0) is 42.0 Å². The molecule has 7 heteroatoms. The number of hydrogen-bond acceptors (Lipinski definition) is 6. The monoisotopic (exact) mass is 426 g/mol. The molecule has 2 heterocycles. The van der Waals surface area contributed by atoms with E-state index in [9.17, 15) is 9.90 Å². The first-order valence-corrected chi connectivity index (χ1v) is 10.2. The molecule has 2 aromatic carbocycles. The Morgan fingerprint density at radius 2 is 1.72 bits per heavy atom. The Morgan fingerprint density at radius 3 is 2.44 bits per heavy atom. The van der Waals surface area contributed by atoms with Gasteiger partial charge in [0.05, 0.1) is 5.69 Å². The van der Waals surface area contributed by atoms with Crippen LogP contribution in [0, 0.1) is 0 Å². The summed E-state index contributed by atoms with van der Waals surface area (Å²) in [5.41, 5.74) is 3.34. The average molecular weight is 426 g/mol. The average Bonchev–Trinajstić information content (AvgIpc) is 2.84. The summed E-state index contributed by atoms with van der Waals surface area (Å²) >= 11 is 0. The number of benzene rings is 2. The third-order valence-corrected chi connectivity index (χ3v) is 4.83. The largest absolute Gasteiger partial charge is 0.489 e. The van der Waals surface area contributed by atoms with Gasteiger partial charge in [-0.2, -0.15) is 0 Å². The molecule has 0 amide bonds. The number of hydrogen-bond donors (Lipinski definition) is 2. The summed E-state index contributed by atoms with van der Waals surface area (Å²) in [7, 11) is 0. The van der Waals surface area contributed by atoms with Crippen LogP contribution in [0.25, 0.3) is 11.3 Å². The van der Waals surface area contributed by atoms with Crippen molar-refractivity contribution in [3.63, 3.8) is 0 Å². The van der Waals surface area contributed by atoms with Crippen molar-refractivity contribution in [2.75, 3.05) is 5.32 Å². The molecular weight excluding hydrogens is 404 g/mol. The Kier molecular flexibility index (Phi) is 6.67. The van der Waals surface area contributed by atoms with Crippen molar-refractivity contribution in [2.45, 2.75) is 19.1 Å². The Labute approximate surface area is 185 Å². The normalized spacial score (nSPS) is 11.5. The van der Waals surface area contributed by atoms with E-state index in [0.717, 1.165) is 16.9 Å². The maximum absolute atomic E-state index is 11.7. The van der Waals surface area contributed by atoms with Crippen LogP contribution in [0.4, 0.5) is 5.82 Å². The van der Waals surface area contributed by atoms with Gasteiger partial charge in [0.2, 0.25) is 0 Å². The van der Waals surface area contributed by atoms with Gasteiger partial charge in [-0.25, -0.2) is 14.8 Å². The minimum atomic E-state index is -0.976. The third-order valence-electron chi connectivity index (χ3n) is 4.83. The molecule has 4 aromatic rings. The standard InChI is InChI=1S/C25H22N4O3/c30-25(31)23(14-20-8-4-5-13-26-20)29-24-15-22(27-17-28-24)19-9-11-21(12-10-19)32-16-18-6-2-1-3-7-18/h1-13,15,17,23H,14,16H2,(H,30,31)(H,27,28,29)/t23-/m1/s1. The SMILES string of the molecule is O=C(O)[C@@H](Cc1ccccn1)Nc1cc(-c2ccc(OCc3ccccc3)cc2)ncn1. The highest BCUT2D eigenvalue weighted by Crippen LogP contribution is 2.23. The molecule has 0 aliphatic carbocycles. The van der Waals surface area contributed by atoms with Crippen LogP contribution < -0.4 is 10.1 Å². The van der Waals surface area contributed by atoms with E-state index in [1.165, 1.54) is 6.33 Å². The molecule has 160 valence electrons. The molecule has 0 spiro atoms. The van der Waals surface area contributed by atoms with Crippen molar-refractivity contribution in [1.29, 1.82) is 0 Å². The minimum absolute atomic E-state index is 0.239. The van der Waals surface area contributed by atoms with Gasteiger partial charge < -0.3 is 15.2 Å². The molecule has 0 bridgehead atoms. The van der Waals surface area contributed by atoms with Crippen LogP contribution in [0.15, 0.2) is 91.4 Å². The van der Waals surface area contributed by atoms with Gasteiger partial charge >= 0.3 is 5.97 Å². The Hall–Kier alpha value is -4.26. The minimum Gasteiger partial charge on any atom is -0.489 e. The predicted molar refractivity (Wildman–Crippen MR) is 121 cm³/mol. The number of nitrogens with zero attached hydrogens (tertiary/aromatic N) is 3. The van der Waals surface area contributed by atoms with Crippen LogP contribution in [0.5, 0.6) is 5.75 Å². The van der Waals surface area contributed by atoms with Crippen LogP contribution in [0.2, 0.25) is 0 Å². The number of rotatable bonds is 9. The molecular formula is C25H22N4O3. The highest BCUT2D eigenvalue weighted by Gasteiger charge is 2.19. The topological polar surface area (TPSA) is 97.2 Å². The molecule has 0 radical (unpaired) electrons. The molecule has 0 unspecified atom stereocenters. The smallest absolute Gasteiger partial charge is 0.326 e. The summed E-state index contributed by atoms with van der Waals surface area (Å²) in [5, 5.41) is 12.6. The number of carboxylic acids is 1. The number of pyridine rings is 1. The second-order valence-corrected chi connectivity index (χ2v) is 7.15. The fraction of sp³-hybridized carbons (Fsp3) is 0.120. The second-order valence-electron chi connectivity index (χ2n) is 7.15. The van der Waals surface area contributed by atoms with E-state index in [2.05, 4.69) is 20.3 Å². The van der Waals surface area contributed by atoms with Gasteiger partial charge in [-0.3, -0.25) is 4.98 Å². The number of ether oxygens (including phenoxy) is 1. The maximum atomic E-state index is 11.7. The summed E-state index contributed by atoms with van der Waals surface area (Å²) in [6.07, 6.45) is 3.30. The zero-order valence-electron chi connectivity index (χ0n) is 17.3.